The van der Waals surface area contributed by atoms with Gasteiger partial charge in [0.05, 0.1) is 0 Å². The molecule has 2 rings (SSSR count). The van der Waals surface area contributed by atoms with Crippen molar-refractivity contribution in [3.8, 4) is 0 Å². The third kappa shape index (κ3) is 3.33. The van der Waals surface area contributed by atoms with Crippen LogP contribution in [0.4, 0.5) is 5.69 Å². The van der Waals surface area contributed by atoms with Crippen molar-refractivity contribution in [3.05, 3.63) is 58.3 Å². The average molecular weight is 370 g/mol. The van der Waals surface area contributed by atoms with Crippen molar-refractivity contribution in [2.75, 3.05) is 11.9 Å². The third-order valence-corrected chi connectivity index (χ3v) is 3.84. The summed E-state index contributed by atoms with van der Waals surface area (Å²) >= 11 is 7.06. The highest BCUT2D eigenvalue weighted by molar-refractivity contribution is 9.10. The largest absolute Gasteiger partial charge is 0.370 e. The zero-order valence-corrected chi connectivity index (χ0v) is 13.3. The number of benzene rings is 1. The van der Waals surface area contributed by atoms with E-state index < -0.39 is 0 Å². The fourth-order valence-corrected chi connectivity index (χ4v) is 2.68. The van der Waals surface area contributed by atoms with Gasteiger partial charge in [0.1, 0.15) is 0 Å². The molecule has 0 aliphatic carbocycles. The lowest BCUT2D eigenvalue weighted by molar-refractivity contribution is 0.909. The van der Waals surface area contributed by atoms with Crippen LogP contribution in [0.25, 0.3) is 0 Å². The maximum absolute atomic E-state index is 4.15. The molecular weight excluding hydrogens is 356 g/mol. The van der Waals surface area contributed by atoms with Crippen LogP contribution >= 0.6 is 31.9 Å². The summed E-state index contributed by atoms with van der Waals surface area (Å²) in [7, 11) is 2.10. The predicted molar refractivity (Wildman–Crippen MR) is 83.1 cm³/mol. The van der Waals surface area contributed by atoms with Gasteiger partial charge in [0.15, 0.2) is 0 Å². The van der Waals surface area contributed by atoms with Gasteiger partial charge in [-0.05, 0) is 29.3 Å². The van der Waals surface area contributed by atoms with Crippen molar-refractivity contribution >= 4 is 37.5 Å². The molecule has 1 heterocycles. The van der Waals surface area contributed by atoms with Gasteiger partial charge in [-0.2, -0.15) is 0 Å². The van der Waals surface area contributed by atoms with Crippen LogP contribution in [0.15, 0.2) is 47.2 Å². The molecule has 0 saturated heterocycles. The highest BCUT2D eigenvalue weighted by atomic mass is 79.9. The summed E-state index contributed by atoms with van der Waals surface area (Å²) in [5, 5.41) is 0.854. The molecule has 0 radical (unpaired) electrons. The normalized spacial score (nSPS) is 10.4. The lowest BCUT2D eigenvalue weighted by Gasteiger charge is -2.22. The molecule has 0 unspecified atom stereocenters. The van der Waals surface area contributed by atoms with Crippen LogP contribution in [0.5, 0.6) is 0 Å². The standard InChI is InChI=1S/C14H14Br2N2/c1-18(10-11-3-2-6-17-9-11)14-7-13(16)5-4-12(14)8-15/h2-7,9H,8,10H2,1H3. The van der Waals surface area contributed by atoms with E-state index in [1.807, 2.05) is 12.3 Å². The maximum Gasteiger partial charge on any atom is 0.0441 e. The van der Waals surface area contributed by atoms with Gasteiger partial charge < -0.3 is 4.90 Å². The lowest BCUT2D eigenvalue weighted by atomic mass is 10.1. The van der Waals surface area contributed by atoms with E-state index in [-0.39, 0.29) is 0 Å². The first-order valence-electron chi connectivity index (χ1n) is 5.65. The Morgan fingerprint density at radius 2 is 2.11 bits per heavy atom. The third-order valence-electron chi connectivity index (χ3n) is 2.75. The van der Waals surface area contributed by atoms with Crippen molar-refractivity contribution in [3.63, 3.8) is 0 Å². The molecule has 94 valence electrons. The summed E-state index contributed by atoms with van der Waals surface area (Å²) in [6.07, 6.45) is 3.70. The zero-order chi connectivity index (χ0) is 13.0. The Balaban J connectivity index is 2.23. The van der Waals surface area contributed by atoms with Crippen LogP contribution in [0.3, 0.4) is 0 Å². The Bertz CT molecular complexity index is 514. The molecule has 0 atom stereocenters. The van der Waals surface area contributed by atoms with Gasteiger partial charge in [-0.1, -0.05) is 44.0 Å². The summed E-state index contributed by atoms with van der Waals surface area (Å²) in [5.74, 6) is 0. The van der Waals surface area contributed by atoms with E-state index in [9.17, 15) is 0 Å². The molecule has 0 saturated carbocycles. The van der Waals surface area contributed by atoms with E-state index in [1.54, 1.807) is 6.20 Å². The smallest absolute Gasteiger partial charge is 0.0441 e. The van der Waals surface area contributed by atoms with Crippen molar-refractivity contribution < 1.29 is 0 Å². The number of anilines is 1. The molecule has 1 aromatic carbocycles. The summed E-state index contributed by atoms with van der Waals surface area (Å²) in [5.41, 5.74) is 3.72. The topological polar surface area (TPSA) is 16.1 Å². The van der Waals surface area contributed by atoms with E-state index in [1.165, 1.54) is 16.8 Å². The molecule has 0 aliphatic heterocycles. The van der Waals surface area contributed by atoms with Gasteiger partial charge in [0.25, 0.3) is 0 Å². The second-order valence-corrected chi connectivity index (χ2v) is 5.60. The summed E-state index contributed by atoms with van der Waals surface area (Å²) < 4.78 is 1.10. The van der Waals surface area contributed by atoms with Crippen LogP contribution in [-0.4, -0.2) is 12.0 Å². The minimum atomic E-state index is 0.851. The Hall–Kier alpha value is -0.870. The molecule has 0 N–H and O–H groups in total. The number of hydrogen-bond acceptors (Lipinski definition) is 2. The van der Waals surface area contributed by atoms with Crippen LogP contribution in [0.1, 0.15) is 11.1 Å². The molecule has 2 aromatic rings. The Labute approximate surface area is 124 Å². The molecule has 0 amide bonds. The van der Waals surface area contributed by atoms with Gasteiger partial charge in [-0.3, -0.25) is 4.98 Å². The molecule has 0 bridgehead atoms. The molecule has 2 nitrogen and oxygen atoms in total. The molecule has 0 aliphatic rings. The first kappa shape index (κ1) is 13.6. The number of pyridine rings is 1. The molecule has 18 heavy (non-hydrogen) atoms. The average Bonchev–Trinajstić information content (AvgIpc) is 2.40. The number of alkyl halides is 1. The molecule has 4 heteroatoms. The van der Waals surface area contributed by atoms with E-state index in [0.29, 0.717) is 0 Å². The highest BCUT2D eigenvalue weighted by Gasteiger charge is 2.08. The molecule has 1 aromatic heterocycles. The molecule has 0 fully saturated rings. The lowest BCUT2D eigenvalue weighted by Crippen LogP contribution is -2.17. The van der Waals surface area contributed by atoms with Crippen LogP contribution in [-0.2, 0) is 11.9 Å². The number of rotatable bonds is 4. The van der Waals surface area contributed by atoms with Crippen LogP contribution < -0.4 is 4.90 Å². The van der Waals surface area contributed by atoms with Gasteiger partial charge in [0.2, 0.25) is 0 Å². The first-order chi connectivity index (χ1) is 8.70. The maximum atomic E-state index is 4.15. The van der Waals surface area contributed by atoms with Gasteiger partial charge >= 0.3 is 0 Å². The second kappa shape index (κ2) is 6.34. The summed E-state index contributed by atoms with van der Waals surface area (Å²) in [4.78, 5) is 6.38. The minimum Gasteiger partial charge on any atom is -0.370 e. The van der Waals surface area contributed by atoms with Gasteiger partial charge in [0, 0.05) is 41.5 Å². The van der Waals surface area contributed by atoms with Crippen LogP contribution in [0.2, 0.25) is 0 Å². The first-order valence-corrected chi connectivity index (χ1v) is 7.56. The Morgan fingerprint density at radius 1 is 1.28 bits per heavy atom. The number of hydrogen-bond donors (Lipinski definition) is 0. The van der Waals surface area contributed by atoms with E-state index in [2.05, 4.69) is 73.1 Å². The fourth-order valence-electron chi connectivity index (χ4n) is 1.86. The Kier molecular flexibility index (Phi) is 4.78. The van der Waals surface area contributed by atoms with Gasteiger partial charge in [-0.15, -0.1) is 0 Å². The molecular formula is C14H14Br2N2. The van der Waals surface area contributed by atoms with E-state index in [4.69, 9.17) is 0 Å². The number of nitrogens with zero attached hydrogens (tertiary/aromatic N) is 2. The SMILES string of the molecule is CN(Cc1cccnc1)c1cc(Br)ccc1CBr. The highest BCUT2D eigenvalue weighted by Crippen LogP contribution is 2.27. The van der Waals surface area contributed by atoms with Gasteiger partial charge in [-0.25, -0.2) is 0 Å². The molecule has 0 spiro atoms. The fraction of sp³-hybridized carbons (Fsp3) is 0.214. The second-order valence-electron chi connectivity index (χ2n) is 4.12. The summed E-state index contributed by atoms with van der Waals surface area (Å²) in [6.45, 7) is 0.851. The van der Waals surface area contributed by atoms with Crippen molar-refractivity contribution in [1.29, 1.82) is 0 Å². The predicted octanol–water partition coefficient (Wildman–Crippen LogP) is 4.38. The number of halogens is 2. The Morgan fingerprint density at radius 3 is 2.78 bits per heavy atom. The zero-order valence-electron chi connectivity index (χ0n) is 10.1. The van der Waals surface area contributed by atoms with E-state index in [0.717, 1.165) is 16.3 Å². The van der Waals surface area contributed by atoms with Crippen LogP contribution in [0, 0.1) is 0 Å². The minimum absolute atomic E-state index is 0.851. The summed E-state index contributed by atoms with van der Waals surface area (Å²) in [6, 6.07) is 10.4. The monoisotopic (exact) mass is 368 g/mol. The van der Waals surface area contributed by atoms with Crippen molar-refractivity contribution in [2.45, 2.75) is 11.9 Å². The number of aromatic nitrogens is 1. The van der Waals surface area contributed by atoms with Crippen molar-refractivity contribution in [1.82, 2.24) is 4.98 Å². The van der Waals surface area contributed by atoms with E-state index >= 15 is 0 Å². The van der Waals surface area contributed by atoms with Crippen molar-refractivity contribution in [2.24, 2.45) is 0 Å². The quantitative estimate of drug-likeness (QED) is 0.743.